The van der Waals surface area contributed by atoms with Gasteiger partial charge < -0.3 is 5.32 Å². The average Bonchev–Trinajstić information content (AvgIpc) is 3.17. The number of aromatic nitrogens is 2. The number of halogens is 4. The Balaban J connectivity index is 1.50. The fourth-order valence-corrected chi connectivity index (χ4v) is 6.43. The summed E-state index contributed by atoms with van der Waals surface area (Å²) in [6.45, 7) is 3.46. The summed E-state index contributed by atoms with van der Waals surface area (Å²) < 4.78 is 79.6. The van der Waals surface area contributed by atoms with Crippen LogP contribution in [0, 0.1) is 11.7 Å². The zero-order valence-corrected chi connectivity index (χ0v) is 20.7. The van der Waals surface area contributed by atoms with Gasteiger partial charge in [0.05, 0.1) is 28.4 Å². The fourth-order valence-electron chi connectivity index (χ4n) is 4.55. The molecule has 3 aromatic rings. The van der Waals surface area contributed by atoms with Crippen molar-refractivity contribution in [1.29, 1.82) is 0 Å². The van der Waals surface area contributed by atoms with Crippen LogP contribution in [0.5, 0.6) is 0 Å². The van der Waals surface area contributed by atoms with Crippen LogP contribution in [0.1, 0.15) is 31.5 Å². The van der Waals surface area contributed by atoms with Crippen LogP contribution in [0.2, 0.25) is 0 Å². The van der Waals surface area contributed by atoms with E-state index in [0.717, 1.165) is 28.6 Å². The largest absolute Gasteiger partial charge is 0.416 e. The number of nitrogens with one attached hydrogen (secondary N) is 1. The van der Waals surface area contributed by atoms with Crippen molar-refractivity contribution in [3.8, 4) is 11.3 Å². The number of benzene rings is 2. The number of hydrogen-bond donors (Lipinski definition) is 1. The molecule has 1 aliphatic heterocycles. The Kier molecular flexibility index (Phi) is 7.33. The molecule has 3 atom stereocenters. The standard InChI is InChI=1S/C25H24F4N4O3S/c1-15-11-16(2)33(37(35,36)21-9-7-19(26)8-10-21)23(15)24(34)30-13-20-12-22(32-14-31-20)17-3-5-18(6-4-17)25(27,28)29/h3-10,12,14-16,23H,11,13H2,1-2H3,(H,30,34)/t15-,16+,23-/m0/s1. The fraction of sp³-hybridized carbons (Fsp3) is 0.320. The third-order valence-electron chi connectivity index (χ3n) is 6.29. The third-order valence-corrected chi connectivity index (χ3v) is 8.30. The highest BCUT2D eigenvalue weighted by Gasteiger charge is 2.47. The molecule has 12 heteroatoms. The van der Waals surface area contributed by atoms with Gasteiger partial charge >= 0.3 is 6.18 Å². The Morgan fingerprint density at radius 3 is 2.32 bits per heavy atom. The summed E-state index contributed by atoms with van der Waals surface area (Å²) in [6.07, 6.45) is -2.75. The summed E-state index contributed by atoms with van der Waals surface area (Å²) in [5.41, 5.74) is 0.428. The average molecular weight is 537 g/mol. The van der Waals surface area contributed by atoms with E-state index in [2.05, 4.69) is 15.3 Å². The predicted octanol–water partition coefficient (Wildman–Crippen LogP) is 4.41. The second-order valence-corrected chi connectivity index (χ2v) is 10.8. The summed E-state index contributed by atoms with van der Waals surface area (Å²) in [6, 6.07) is 9.04. The molecule has 1 amide bonds. The lowest BCUT2D eigenvalue weighted by atomic mass is 10.0. The van der Waals surface area contributed by atoms with Gasteiger partial charge in [-0.15, -0.1) is 0 Å². The number of amides is 1. The molecule has 0 spiro atoms. The molecule has 2 heterocycles. The van der Waals surface area contributed by atoms with Gasteiger partial charge in [-0.25, -0.2) is 22.8 Å². The SMILES string of the molecule is C[C@@H]1C[C@H](C)[C@@H](C(=O)NCc2cc(-c3ccc(C(F)(F)F)cc3)ncn2)N1S(=O)(=O)c1ccc(F)cc1. The van der Waals surface area contributed by atoms with Gasteiger partial charge in [-0.1, -0.05) is 19.1 Å². The smallest absolute Gasteiger partial charge is 0.349 e. The van der Waals surface area contributed by atoms with Crippen molar-refractivity contribution in [2.24, 2.45) is 5.92 Å². The highest BCUT2D eigenvalue weighted by Crippen LogP contribution is 2.35. The molecular weight excluding hydrogens is 512 g/mol. The number of rotatable bonds is 6. The second kappa shape index (κ2) is 10.2. The third kappa shape index (κ3) is 5.64. The molecule has 196 valence electrons. The Morgan fingerprint density at radius 1 is 1.05 bits per heavy atom. The number of sulfonamides is 1. The minimum atomic E-state index is -4.45. The van der Waals surface area contributed by atoms with E-state index in [4.69, 9.17) is 0 Å². The van der Waals surface area contributed by atoms with Gasteiger partial charge in [0.2, 0.25) is 15.9 Å². The first-order valence-corrected chi connectivity index (χ1v) is 12.9. The highest BCUT2D eigenvalue weighted by atomic mass is 32.2. The molecule has 0 saturated carbocycles. The number of hydrogen-bond acceptors (Lipinski definition) is 5. The Labute approximate surface area is 211 Å². The maximum atomic E-state index is 13.3. The summed E-state index contributed by atoms with van der Waals surface area (Å²) >= 11 is 0. The summed E-state index contributed by atoms with van der Waals surface area (Å²) in [5.74, 6) is -1.37. The van der Waals surface area contributed by atoms with Gasteiger partial charge in [0, 0.05) is 11.6 Å². The van der Waals surface area contributed by atoms with Crippen molar-refractivity contribution in [1.82, 2.24) is 19.6 Å². The van der Waals surface area contributed by atoms with Gasteiger partial charge in [-0.05, 0) is 61.7 Å². The van der Waals surface area contributed by atoms with E-state index in [1.807, 2.05) is 0 Å². The number of carbonyl (C=O) groups excluding carboxylic acids is 1. The predicted molar refractivity (Wildman–Crippen MR) is 127 cm³/mol. The van der Waals surface area contributed by atoms with Gasteiger partial charge in [0.25, 0.3) is 0 Å². The molecule has 1 N–H and O–H groups in total. The minimum Gasteiger partial charge on any atom is -0.349 e. The molecule has 0 unspecified atom stereocenters. The zero-order chi connectivity index (χ0) is 27.0. The van der Waals surface area contributed by atoms with Crippen LogP contribution in [0.3, 0.4) is 0 Å². The van der Waals surface area contributed by atoms with Crippen LogP contribution in [0.25, 0.3) is 11.3 Å². The van der Waals surface area contributed by atoms with Crippen LogP contribution < -0.4 is 5.32 Å². The van der Waals surface area contributed by atoms with Crippen LogP contribution in [0.15, 0.2) is 65.8 Å². The summed E-state index contributed by atoms with van der Waals surface area (Å²) in [4.78, 5) is 21.3. The van der Waals surface area contributed by atoms with Crippen molar-refractivity contribution >= 4 is 15.9 Å². The van der Waals surface area contributed by atoms with E-state index in [-0.39, 0.29) is 17.4 Å². The highest BCUT2D eigenvalue weighted by molar-refractivity contribution is 7.89. The van der Waals surface area contributed by atoms with E-state index >= 15 is 0 Å². The number of alkyl halides is 3. The van der Waals surface area contributed by atoms with Crippen LogP contribution in [0.4, 0.5) is 17.6 Å². The minimum absolute atomic E-state index is 0.0446. The van der Waals surface area contributed by atoms with Crippen molar-refractivity contribution < 1.29 is 30.8 Å². The van der Waals surface area contributed by atoms with Gasteiger partial charge in [0.1, 0.15) is 18.2 Å². The molecule has 37 heavy (non-hydrogen) atoms. The van der Waals surface area contributed by atoms with Crippen molar-refractivity contribution in [3.63, 3.8) is 0 Å². The monoisotopic (exact) mass is 536 g/mol. The molecule has 0 radical (unpaired) electrons. The van der Waals surface area contributed by atoms with Gasteiger partial charge in [0.15, 0.2) is 0 Å². The lowest BCUT2D eigenvalue weighted by Gasteiger charge is -2.28. The molecule has 0 aliphatic carbocycles. The second-order valence-electron chi connectivity index (χ2n) is 8.98. The van der Waals surface area contributed by atoms with Gasteiger partial charge in [-0.2, -0.15) is 17.5 Å². The van der Waals surface area contributed by atoms with Crippen LogP contribution in [-0.2, 0) is 27.5 Å². The Hall–Kier alpha value is -3.38. The maximum absolute atomic E-state index is 13.3. The van der Waals surface area contributed by atoms with Crippen LogP contribution in [-0.4, -0.2) is 40.7 Å². The van der Waals surface area contributed by atoms with E-state index in [9.17, 15) is 30.8 Å². The number of nitrogens with zero attached hydrogens (tertiary/aromatic N) is 3. The first-order chi connectivity index (χ1) is 17.4. The molecule has 1 fully saturated rings. The molecule has 1 aromatic heterocycles. The lowest BCUT2D eigenvalue weighted by molar-refractivity contribution is -0.137. The maximum Gasteiger partial charge on any atom is 0.416 e. The summed E-state index contributed by atoms with van der Waals surface area (Å²) in [5, 5.41) is 2.72. The van der Waals surface area contributed by atoms with Crippen LogP contribution >= 0.6 is 0 Å². The molecule has 1 aliphatic rings. The molecule has 2 aromatic carbocycles. The molecule has 7 nitrogen and oxygen atoms in total. The van der Waals surface area contributed by atoms with E-state index in [1.165, 1.54) is 36.7 Å². The van der Waals surface area contributed by atoms with E-state index < -0.39 is 45.6 Å². The van der Waals surface area contributed by atoms with Gasteiger partial charge in [-0.3, -0.25) is 4.79 Å². The first-order valence-electron chi connectivity index (χ1n) is 11.4. The quantitative estimate of drug-likeness (QED) is 0.472. The lowest BCUT2D eigenvalue weighted by Crippen LogP contribution is -2.49. The zero-order valence-electron chi connectivity index (χ0n) is 19.9. The molecule has 1 saturated heterocycles. The molecule has 0 bridgehead atoms. The van der Waals surface area contributed by atoms with Crippen molar-refractivity contribution in [3.05, 3.63) is 78.0 Å². The normalized spacial score (nSPS) is 20.6. The molecule has 4 rings (SSSR count). The summed E-state index contributed by atoms with van der Waals surface area (Å²) in [7, 11) is -4.07. The van der Waals surface area contributed by atoms with Crippen molar-refractivity contribution in [2.75, 3.05) is 0 Å². The van der Waals surface area contributed by atoms with E-state index in [1.54, 1.807) is 13.8 Å². The topological polar surface area (TPSA) is 92.3 Å². The number of carbonyl (C=O) groups is 1. The van der Waals surface area contributed by atoms with E-state index in [0.29, 0.717) is 23.4 Å². The first kappa shape index (κ1) is 26.7. The Morgan fingerprint density at radius 2 is 1.70 bits per heavy atom. The van der Waals surface area contributed by atoms with Crippen molar-refractivity contribution in [2.45, 2.75) is 50.0 Å². The Bertz CT molecular complexity index is 1380. The molecular formula is C25H24F4N4O3S.